The second-order valence-corrected chi connectivity index (χ2v) is 5.01. The molecule has 7 heteroatoms. The molecule has 23 heavy (non-hydrogen) atoms. The summed E-state index contributed by atoms with van der Waals surface area (Å²) >= 11 is 0. The van der Waals surface area contributed by atoms with Crippen molar-refractivity contribution in [2.45, 2.75) is 13.5 Å². The van der Waals surface area contributed by atoms with Gasteiger partial charge in [0.1, 0.15) is 11.4 Å². The van der Waals surface area contributed by atoms with E-state index in [0.29, 0.717) is 5.56 Å². The number of aromatic nitrogens is 1. The van der Waals surface area contributed by atoms with Crippen LogP contribution in [-0.2, 0) is 6.54 Å². The lowest BCUT2D eigenvalue weighted by molar-refractivity contribution is 0.0696. The summed E-state index contributed by atoms with van der Waals surface area (Å²) in [5, 5.41) is 11.4. The number of pyridine rings is 1. The Kier molecular flexibility index (Phi) is 4.59. The summed E-state index contributed by atoms with van der Waals surface area (Å²) in [5.41, 5.74) is -0.569. The molecule has 0 aliphatic heterocycles. The average molecular weight is 318 g/mol. The Bertz CT molecular complexity index is 842. The van der Waals surface area contributed by atoms with E-state index in [0.717, 1.165) is 16.8 Å². The molecule has 120 valence electrons. The van der Waals surface area contributed by atoms with Crippen LogP contribution in [0.4, 0.5) is 4.39 Å². The molecule has 0 bridgehead atoms. The molecule has 1 aromatic heterocycles. The summed E-state index contributed by atoms with van der Waals surface area (Å²) in [7, 11) is 1.33. The van der Waals surface area contributed by atoms with Gasteiger partial charge in [0.2, 0.25) is 0 Å². The summed E-state index contributed by atoms with van der Waals surface area (Å²) in [6, 6.07) is 5.74. The number of hydrogen-bond acceptors (Lipinski definition) is 3. The highest BCUT2D eigenvalue weighted by molar-refractivity contribution is 5.96. The Labute approximate surface area is 131 Å². The lowest BCUT2D eigenvalue weighted by atomic mass is 10.1. The molecule has 6 nitrogen and oxygen atoms in total. The molecule has 0 radical (unpaired) electrons. The van der Waals surface area contributed by atoms with E-state index < -0.39 is 23.3 Å². The number of carbonyl (C=O) groups excluding carboxylic acids is 1. The molecule has 0 unspecified atom stereocenters. The number of amides is 1. The van der Waals surface area contributed by atoms with Crippen LogP contribution < -0.4 is 10.9 Å². The van der Waals surface area contributed by atoms with Crippen LogP contribution >= 0.6 is 0 Å². The van der Waals surface area contributed by atoms with Crippen molar-refractivity contribution in [3.63, 3.8) is 0 Å². The van der Waals surface area contributed by atoms with E-state index in [1.807, 2.05) is 0 Å². The van der Waals surface area contributed by atoms with Crippen LogP contribution in [0.1, 0.15) is 31.8 Å². The van der Waals surface area contributed by atoms with E-state index in [-0.39, 0.29) is 23.2 Å². The third-order valence-electron chi connectivity index (χ3n) is 3.42. The Balaban J connectivity index is 2.59. The maximum absolute atomic E-state index is 14.1. The number of carbonyl (C=O) groups is 2. The Morgan fingerprint density at radius 2 is 2.04 bits per heavy atom. The number of benzene rings is 1. The molecular formula is C16H15FN2O4. The van der Waals surface area contributed by atoms with E-state index >= 15 is 0 Å². The third-order valence-corrected chi connectivity index (χ3v) is 3.42. The van der Waals surface area contributed by atoms with E-state index in [2.05, 4.69) is 5.32 Å². The van der Waals surface area contributed by atoms with Crippen molar-refractivity contribution in [3.8, 4) is 0 Å². The number of aromatic carboxylic acids is 1. The van der Waals surface area contributed by atoms with Gasteiger partial charge in [0.05, 0.1) is 12.1 Å². The van der Waals surface area contributed by atoms with Gasteiger partial charge in [-0.05, 0) is 18.6 Å². The Hall–Kier alpha value is -2.96. The lowest BCUT2D eigenvalue weighted by Gasteiger charge is -2.11. The molecule has 1 aromatic carbocycles. The maximum Gasteiger partial charge on any atom is 0.337 e. The fourth-order valence-corrected chi connectivity index (χ4v) is 2.18. The minimum absolute atomic E-state index is 0.169. The van der Waals surface area contributed by atoms with Crippen molar-refractivity contribution in [2.24, 2.45) is 0 Å². The van der Waals surface area contributed by atoms with Gasteiger partial charge in [-0.3, -0.25) is 9.59 Å². The van der Waals surface area contributed by atoms with Crippen molar-refractivity contribution in [3.05, 3.63) is 68.9 Å². The van der Waals surface area contributed by atoms with Gasteiger partial charge in [-0.15, -0.1) is 0 Å². The molecular weight excluding hydrogens is 303 g/mol. The molecule has 1 amide bonds. The zero-order chi connectivity index (χ0) is 17.1. The van der Waals surface area contributed by atoms with Crippen molar-refractivity contribution >= 4 is 11.9 Å². The van der Waals surface area contributed by atoms with Crippen molar-refractivity contribution in [1.82, 2.24) is 9.88 Å². The van der Waals surface area contributed by atoms with Gasteiger partial charge in [-0.1, -0.05) is 18.2 Å². The molecule has 0 saturated heterocycles. The molecule has 2 rings (SSSR count). The number of carboxylic acids is 1. The van der Waals surface area contributed by atoms with E-state index in [1.54, 1.807) is 19.1 Å². The van der Waals surface area contributed by atoms with Crippen LogP contribution in [0.5, 0.6) is 0 Å². The molecule has 1 heterocycles. The van der Waals surface area contributed by atoms with Crippen LogP contribution in [0.25, 0.3) is 0 Å². The van der Waals surface area contributed by atoms with Crippen LogP contribution in [-0.4, -0.2) is 28.6 Å². The summed E-state index contributed by atoms with van der Waals surface area (Å²) in [6.45, 7) is 1.42. The molecule has 0 saturated carbocycles. The summed E-state index contributed by atoms with van der Waals surface area (Å²) < 4.78 is 15.1. The number of carboxylic acid groups (broad SMARTS) is 1. The smallest absolute Gasteiger partial charge is 0.337 e. The average Bonchev–Trinajstić information content (AvgIpc) is 2.52. The highest BCUT2D eigenvalue weighted by Gasteiger charge is 2.17. The van der Waals surface area contributed by atoms with Crippen LogP contribution in [0, 0.1) is 12.7 Å². The zero-order valence-corrected chi connectivity index (χ0v) is 12.6. The number of hydrogen-bond donors (Lipinski definition) is 2. The van der Waals surface area contributed by atoms with E-state index in [9.17, 15) is 18.8 Å². The molecule has 2 N–H and O–H groups in total. The second kappa shape index (κ2) is 6.43. The number of halogens is 1. The third kappa shape index (κ3) is 3.28. The lowest BCUT2D eigenvalue weighted by Crippen LogP contribution is -2.32. The van der Waals surface area contributed by atoms with Gasteiger partial charge in [-0.25, -0.2) is 9.18 Å². The highest BCUT2D eigenvalue weighted by atomic mass is 19.1. The van der Waals surface area contributed by atoms with Gasteiger partial charge >= 0.3 is 5.97 Å². The van der Waals surface area contributed by atoms with Gasteiger partial charge < -0.3 is 15.0 Å². The SMILES string of the molecule is CNC(=O)c1cc(C(=O)O)cn(Cc2cccc(C)c2F)c1=O. The molecule has 0 atom stereocenters. The summed E-state index contributed by atoms with van der Waals surface area (Å²) in [4.78, 5) is 35.3. The Morgan fingerprint density at radius 1 is 1.35 bits per heavy atom. The monoisotopic (exact) mass is 318 g/mol. The number of nitrogens with one attached hydrogen (secondary N) is 1. The van der Waals surface area contributed by atoms with Crippen LogP contribution in [0.3, 0.4) is 0 Å². The fourth-order valence-electron chi connectivity index (χ4n) is 2.18. The maximum atomic E-state index is 14.1. The largest absolute Gasteiger partial charge is 0.478 e. The quantitative estimate of drug-likeness (QED) is 0.892. The minimum atomic E-state index is -1.28. The number of nitrogens with zero attached hydrogens (tertiary/aromatic N) is 1. The molecule has 2 aromatic rings. The first kappa shape index (κ1) is 16.4. The van der Waals surface area contributed by atoms with Crippen molar-refractivity contribution in [2.75, 3.05) is 7.05 Å². The second-order valence-electron chi connectivity index (χ2n) is 5.01. The van der Waals surface area contributed by atoms with Crippen LogP contribution in [0.2, 0.25) is 0 Å². The minimum Gasteiger partial charge on any atom is -0.478 e. The number of aryl methyl sites for hydroxylation is 1. The zero-order valence-electron chi connectivity index (χ0n) is 12.6. The number of rotatable bonds is 4. The molecule has 0 aliphatic carbocycles. The summed E-state index contributed by atoms with van der Waals surface area (Å²) in [5.74, 6) is -2.45. The Morgan fingerprint density at radius 3 is 2.65 bits per heavy atom. The predicted octanol–water partition coefficient (Wildman–Crippen LogP) is 1.40. The van der Waals surface area contributed by atoms with Gasteiger partial charge in [0.25, 0.3) is 11.5 Å². The first-order chi connectivity index (χ1) is 10.8. The standard InChI is InChI=1S/C16H15FN2O4/c1-9-4-3-5-10(13(9)17)7-19-8-11(16(22)23)6-12(15(19)21)14(20)18-2/h3-6,8H,7H2,1-2H3,(H,18,20)(H,22,23). The van der Waals surface area contributed by atoms with Crippen molar-refractivity contribution in [1.29, 1.82) is 0 Å². The molecule has 0 spiro atoms. The van der Waals surface area contributed by atoms with Crippen LogP contribution in [0.15, 0.2) is 35.3 Å². The normalized spacial score (nSPS) is 10.4. The first-order valence-electron chi connectivity index (χ1n) is 6.79. The van der Waals surface area contributed by atoms with E-state index in [4.69, 9.17) is 5.11 Å². The fraction of sp³-hybridized carbons (Fsp3) is 0.188. The van der Waals surface area contributed by atoms with Crippen molar-refractivity contribution < 1.29 is 19.1 Å². The van der Waals surface area contributed by atoms with E-state index in [1.165, 1.54) is 13.1 Å². The predicted molar refractivity (Wildman–Crippen MR) is 81.3 cm³/mol. The van der Waals surface area contributed by atoms with Gasteiger partial charge in [0.15, 0.2) is 0 Å². The summed E-state index contributed by atoms with van der Waals surface area (Å²) in [6.07, 6.45) is 1.10. The topological polar surface area (TPSA) is 88.4 Å². The highest BCUT2D eigenvalue weighted by Crippen LogP contribution is 2.13. The molecule has 0 fully saturated rings. The van der Waals surface area contributed by atoms with Gasteiger partial charge in [0, 0.05) is 18.8 Å². The van der Waals surface area contributed by atoms with Gasteiger partial charge in [-0.2, -0.15) is 0 Å². The molecule has 0 aliphatic rings. The first-order valence-corrected chi connectivity index (χ1v) is 6.79.